The van der Waals surface area contributed by atoms with E-state index in [1.54, 1.807) is 6.92 Å². The van der Waals surface area contributed by atoms with E-state index < -0.39 is 12.1 Å². The molecule has 0 amide bonds. The zero-order valence-electron chi connectivity index (χ0n) is 12.2. The Morgan fingerprint density at radius 2 is 1.83 bits per heavy atom. The lowest BCUT2D eigenvalue weighted by Crippen LogP contribution is -2.36. The van der Waals surface area contributed by atoms with Gasteiger partial charge in [0.05, 0.1) is 6.61 Å². The zero-order valence-corrected chi connectivity index (χ0v) is 12.2. The average molecular weight is 256 g/mol. The number of hydrogen-bond acceptors (Lipinski definition) is 3. The molecule has 0 saturated heterocycles. The largest absolute Gasteiger partial charge is 0.464 e. The Labute approximate surface area is 111 Å². The first kappa shape index (κ1) is 15.5. The summed E-state index contributed by atoms with van der Waals surface area (Å²) in [7, 11) is 0. The van der Waals surface area contributed by atoms with Crippen LogP contribution >= 0.6 is 0 Å². The van der Waals surface area contributed by atoms with Gasteiger partial charge in [0, 0.05) is 0 Å². The normalized spacial score (nSPS) is 26.7. The number of ether oxygens (including phenoxy) is 1. The van der Waals surface area contributed by atoms with Crippen molar-refractivity contribution in [2.75, 3.05) is 6.61 Å². The number of carbonyl (C=O) groups is 1. The Morgan fingerprint density at radius 1 is 1.28 bits per heavy atom. The molecule has 0 aliphatic heterocycles. The van der Waals surface area contributed by atoms with Gasteiger partial charge in [-0.25, -0.2) is 4.79 Å². The van der Waals surface area contributed by atoms with E-state index >= 15 is 0 Å². The van der Waals surface area contributed by atoms with Crippen molar-refractivity contribution in [1.29, 1.82) is 0 Å². The Bertz CT molecular complexity index is 265. The summed E-state index contributed by atoms with van der Waals surface area (Å²) in [5, 5.41) is 9.95. The van der Waals surface area contributed by atoms with E-state index in [0.717, 1.165) is 25.7 Å². The van der Waals surface area contributed by atoms with Crippen LogP contribution in [0.15, 0.2) is 0 Å². The van der Waals surface area contributed by atoms with Crippen LogP contribution in [-0.2, 0) is 9.53 Å². The number of carbonyl (C=O) groups excluding carboxylic acids is 1. The van der Waals surface area contributed by atoms with E-state index in [1.807, 2.05) is 0 Å². The third-order valence-corrected chi connectivity index (χ3v) is 4.76. The molecule has 1 fully saturated rings. The molecule has 0 aromatic rings. The minimum atomic E-state index is -0.921. The summed E-state index contributed by atoms with van der Waals surface area (Å²) in [6.07, 6.45) is 4.37. The Hall–Kier alpha value is -0.570. The smallest absolute Gasteiger partial charge is 0.335 e. The van der Waals surface area contributed by atoms with E-state index in [-0.39, 0.29) is 5.92 Å². The summed E-state index contributed by atoms with van der Waals surface area (Å²) in [6, 6.07) is 0. The topological polar surface area (TPSA) is 46.5 Å². The second kappa shape index (κ2) is 6.55. The first-order chi connectivity index (χ1) is 8.42. The van der Waals surface area contributed by atoms with Crippen molar-refractivity contribution in [3.05, 3.63) is 0 Å². The van der Waals surface area contributed by atoms with Crippen LogP contribution in [0.3, 0.4) is 0 Å². The van der Waals surface area contributed by atoms with Crippen LogP contribution in [0.5, 0.6) is 0 Å². The maximum atomic E-state index is 11.5. The van der Waals surface area contributed by atoms with Gasteiger partial charge in [-0.1, -0.05) is 27.2 Å². The highest BCUT2D eigenvalue weighted by atomic mass is 16.5. The van der Waals surface area contributed by atoms with Crippen LogP contribution in [0, 0.1) is 17.3 Å². The third kappa shape index (κ3) is 3.71. The zero-order chi connectivity index (χ0) is 13.8. The van der Waals surface area contributed by atoms with Crippen LogP contribution in [0.2, 0.25) is 0 Å². The fraction of sp³-hybridized carbons (Fsp3) is 0.933. The van der Waals surface area contributed by atoms with Gasteiger partial charge in [0.2, 0.25) is 0 Å². The van der Waals surface area contributed by atoms with Crippen molar-refractivity contribution in [2.24, 2.45) is 17.3 Å². The van der Waals surface area contributed by atoms with Gasteiger partial charge in [0.1, 0.15) is 0 Å². The molecule has 1 aliphatic rings. The van der Waals surface area contributed by atoms with Gasteiger partial charge >= 0.3 is 5.97 Å². The molecule has 0 radical (unpaired) electrons. The molecule has 0 bridgehead atoms. The Kier molecular flexibility index (Phi) is 5.64. The van der Waals surface area contributed by atoms with Crippen LogP contribution in [-0.4, -0.2) is 23.8 Å². The third-order valence-electron chi connectivity index (χ3n) is 4.76. The molecule has 3 heteroatoms. The van der Waals surface area contributed by atoms with E-state index in [0.29, 0.717) is 17.9 Å². The molecular weight excluding hydrogens is 228 g/mol. The van der Waals surface area contributed by atoms with Gasteiger partial charge in [-0.15, -0.1) is 0 Å². The SMILES string of the molecule is CCOC(=O)C(O)C1CCC(C(C)(C)CC)CC1. The number of rotatable bonds is 5. The second-order valence-corrected chi connectivity index (χ2v) is 6.15. The molecular formula is C15H28O3. The van der Waals surface area contributed by atoms with E-state index in [1.165, 1.54) is 6.42 Å². The van der Waals surface area contributed by atoms with Crippen molar-refractivity contribution in [3.8, 4) is 0 Å². The summed E-state index contributed by atoms with van der Waals surface area (Å²) in [4.78, 5) is 11.5. The molecule has 0 heterocycles. The standard InChI is InChI=1S/C15H28O3/c1-5-15(3,4)12-9-7-11(8-10-12)13(16)14(17)18-6-2/h11-13,16H,5-10H2,1-4H3. The van der Waals surface area contributed by atoms with Gasteiger partial charge in [0.25, 0.3) is 0 Å². The monoisotopic (exact) mass is 256 g/mol. The molecule has 1 saturated carbocycles. The molecule has 0 aromatic heterocycles. The maximum Gasteiger partial charge on any atom is 0.335 e. The maximum absolute atomic E-state index is 11.5. The van der Waals surface area contributed by atoms with Crippen LogP contribution in [0.1, 0.15) is 59.8 Å². The molecule has 1 N–H and O–H groups in total. The highest BCUT2D eigenvalue weighted by molar-refractivity contribution is 5.74. The number of hydrogen-bond donors (Lipinski definition) is 1. The van der Waals surface area contributed by atoms with E-state index in [2.05, 4.69) is 20.8 Å². The lowest BCUT2D eigenvalue weighted by molar-refractivity contribution is -0.157. The first-order valence-electron chi connectivity index (χ1n) is 7.27. The predicted molar refractivity (Wildman–Crippen MR) is 72.2 cm³/mol. The molecule has 0 aromatic carbocycles. The average Bonchev–Trinajstić information content (AvgIpc) is 2.38. The predicted octanol–water partition coefficient (Wildman–Crippen LogP) is 3.15. The fourth-order valence-corrected chi connectivity index (χ4v) is 2.93. The highest BCUT2D eigenvalue weighted by Crippen LogP contribution is 2.42. The van der Waals surface area contributed by atoms with E-state index in [4.69, 9.17) is 4.74 Å². The summed E-state index contributed by atoms with van der Waals surface area (Å²) in [5.74, 6) is 0.358. The van der Waals surface area contributed by atoms with E-state index in [9.17, 15) is 9.90 Å². The van der Waals surface area contributed by atoms with Gasteiger partial charge in [0.15, 0.2) is 6.10 Å². The fourth-order valence-electron chi connectivity index (χ4n) is 2.93. The van der Waals surface area contributed by atoms with Crippen LogP contribution in [0.4, 0.5) is 0 Å². The summed E-state index contributed by atoms with van der Waals surface area (Å²) in [5.41, 5.74) is 0.375. The van der Waals surface area contributed by atoms with Crippen molar-refractivity contribution in [1.82, 2.24) is 0 Å². The molecule has 1 rings (SSSR count). The molecule has 0 spiro atoms. The van der Waals surface area contributed by atoms with Crippen molar-refractivity contribution >= 4 is 5.97 Å². The van der Waals surface area contributed by atoms with Crippen molar-refractivity contribution in [2.45, 2.75) is 65.9 Å². The van der Waals surface area contributed by atoms with Crippen molar-refractivity contribution < 1.29 is 14.6 Å². The summed E-state index contributed by atoms with van der Waals surface area (Å²) in [6.45, 7) is 8.98. The van der Waals surface area contributed by atoms with Gasteiger partial charge in [-0.05, 0) is 49.9 Å². The van der Waals surface area contributed by atoms with Gasteiger partial charge in [-0.3, -0.25) is 0 Å². The lowest BCUT2D eigenvalue weighted by atomic mass is 9.67. The summed E-state index contributed by atoms with van der Waals surface area (Å²) < 4.78 is 4.88. The second-order valence-electron chi connectivity index (χ2n) is 6.15. The minimum absolute atomic E-state index is 0.0907. The minimum Gasteiger partial charge on any atom is -0.464 e. The molecule has 1 unspecified atom stereocenters. The van der Waals surface area contributed by atoms with Crippen LogP contribution < -0.4 is 0 Å². The van der Waals surface area contributed by atoms with Gasteiger partial charge < -0.3 is 9.84 Å². The molecule has 1 atom stereocenters. The van der Waals surface area contributed by atoms with Gasteiger partial charge in [-0.2, -0.15) is 0 Å². The number of esters is 1. The summed E-state index contributed by atoms with van der Waals surface area (Å²) >= 11 is 0. The Balaban J connectivity index is 2.46. The number of aliphatic hydroxyl groups is 1. The lowest BCUT2D eigenvalue weighted by Gasteiger charge is -2.39. The molecule has 1 aliphatic carbocycles. The Morgan fingerprint density at radius 3 is 2.28 bits per heavy atom. The molecule has 18 heavy (non-hydrogen) atoms. The molecule has 106 valence electrons. The van der Waals surface area contributed by atoms with Crippen LogP contribution in [0.25, 0.3) is 0 Å². The first-order valence-corrected chi connectivity index (χ1v) is 7.27. The quantitative estimate of drug-likeness (QED) is 0.769. The highest BCUT2D eigenvalue weighted by Gasteiger charge is 2.36. The molecule has 3 nitrogen and oxygen atoms in total. The van der Waals surface area contributed by atoms with Crippen molar-refractivity contribution in [3.63, 3.8) is 0 Å². The number of aliphatic hydroxyl groups excluding tert-OH is 1.